The zero-order valence-corrected chi connectivity index (χ0v) is 11.5. The molecule has 0 bridgehead atoms. The summed E-state index contributed by atoms with van der Waals surface area (Å²) >= 11 is 2.12. The van der Waals surface area contributed by atoms with Crippen LogP contribution in [-0.4, -0.2) is 11.0 Å². The lowest BCUT2D eigenvalue weighted by molar-refractivity contribution is -0.385. The summed E-state index contributed by atoms with van der Waals surface area (Å²) in [6, 6.07) is 5.00. The molecule has 1 aromatic carbocycles. The lowest BCUT2D eigenvalue weighted by Gasteiger charge is -2.16. The third kappa shape index (κ3) is 3.41. The Hall–Kier alpha value is -0.690. The fourth-order valence-electron chi connectivity index (χ4n) is 1.30. The number of benzene rings is 1. The number of hydrogen-bond donors (Lipinski definition) is 1. The fraction of sp³-hybridized carbons (Fsp3) is 0.455. The molecule has 0 spiro atoms. The van der Waals surface area contributed by atoms with Gasteiger partial charge in [0.25, 0.3) is 5.69 Å². The largest absolute Gasteiger partial charge is 0.327 e. The summed E-state index contributed by atoms with van der Waals surface area (Å²) < 4.78 is 0.905. The summed E-state index contributed by atoms with van der Waals surface area (Å²) in [5.74, 6) is 0.408. The second-order valence-corrected chi connectivity index (χ2v) is 5.31. The average molecular weight is 334 g/mol. The van der Waals surface area contributed by atoms with Crippen LogP contribution in [0, 0.1) is 19.6 Å². The SMILES string of the molecule is CC(C)C(N)Cc1ccc([N+](=O)[O-])cc1I. The van der Waals surface area contributed by atoms with E-state index in [1.807, 2.05) is 0 Å². The van der Waals surface area contributed by atoms with Gasteiger partial charge in [-0.25, -0.2) is 0 Å². The van der Waals surface area contributed by atoms with Crippen LogP contribution in [0.15, 0.2) is 18.2 Å². The molecule has 1 atom stereocenters. The Balaban J connectivity index is 2.87. The maximum Gasteiger partial charge on any atom is 0.270 e. The molecule has 1 rings (SSSR count). The van der Waals surface area contributed by atoms with E-state index < -0.39 is 0 Å². The van der Waals surface area contributed by atoms with Gasteiger partial charge in [-0.2, -0.15) is 0 Å². The molecule has 2 N–H and O–H groups in total. The summed E-state index contributed by atoms with van der Waals surface area (Å²) in [7, 11) is 0. The van der Waals surface area contributed by atoms with Gasteiger partial charge in [0, 0.05) is 21.7 Å². The van der Waals surface area contributed by atoms with Gasteiger partial charge >= 0.3 is 0 Å². The summed E-state index contributed by atoms with van der Waals surface area (Å²) in [4.78, 5) is 10.2. The number of halogens is 1. The third-order valence-corrected chi connectivity index (χ3v) is 3.56. The van der Waals surface area contributed by atoms with E-state index in [2.05, 4.69) is 36.4 Å². The molecule has 5 heteroatoms. The van der Waals surface area contributed by atoms with Gasteiger partial charge in [0.2, 0.25) is 0 Å². The second kappa shape index (κ2) is 5.58. The molecule has 88 valence electrons. The number of nitrogens with two attached hydrogens (primary N) is 1. The summed E-state index contributed by atoms with van der Waals surface area (Å²) in [6.45, 7) is 4.14. The first-order valence-corrected chi connectivity index (χ1v) is 6.18. The van der Waals surface area contributed by atoms with E-state index in [0.29, 0.717) is 5.92 Å². The van der Waals surface area contributed by atoms with Gasteiger partial charge in [0.1, 0.15) is 0 Å². The quantitative estimate of drug-likeness (QED) is 0.523. The van der Waals surface area contributed by atoms with Crippen LogP contribution < -0.4 is 5.73 Å². The molecule has 1 aromatic rings. The second-order valence-electron chi connectivity index (χ2n) is 4.14. The maximum atomic E-state index is 10.6. The molecule has 0 amide bonds. The molecule has 16 heavy (non-hydrogen) atoms. The Labute approximate surface area is 109 Å². The van der Waals surface area contributed by atoms with Crippen molar-refractivity contribution in [1.82, 2.24) is 0 Å². The van der Waals surface area contributed by atoms with Crippen molar-refractivity contribution in [2.45, 2.75) is 26.3 Å². The highest BCUT2D eigenvalue weighted by atomic mass is 127. The number of rotatable bonds is 4. The number of hydrogen-bond acceptors (Lipinski definition) is 3. The first-order chi connectivity index (χ1) is 7.41. The van der Waals surface area contributed by atoms with E-state index in [9.17, 15) is 10.1 Å². The Morgan fingerprint density at radius 1 is 1.50 bits per heavy atom. The smallest absolute Gasteiger partial charge is 0.270 e. The van der Waals surface area contributed by atoms with Crippen LogP contribution in [0.5, 0.6) is 0 Å². The van der Waals surface area contributed by atoms with Crippen LogP contribution in [0.1, 0.15) is 19.4 Å². The Bertz CT molecular complexity index is 394. The van der Waals surface area contributed by atoms with Crippen LogP contribution >= 0.6 is 22.6 Å². The Morgan fingerprint density at radius 3 is 2.56 bits per heavy atom. The van der Waals surface area contributed by atoms with Gasteiger partial charge in [0.15, 0.2) is 0 Å². The molecule has 0 radical (unpaired) electrons. The van der Waals surface area contributed by atoms with E-state index in [0.717, 1.165) is 15.6 Å². The predicted molar refractivity (Wildman–Crippen MR) is 72.3 cm³/mol. The summed E-state index contributed by atoms with van der Waals surface area (Å²) in [5.41, 5.74) is 7.19. The molecule has 1 unspecified atom stereocenters. The van der Waals surface area contributed by atoms with Crippen molar-refractivity contribution in [1.29, 1.82) is 0 Å². The first-order valence-electron chi connectivity index (χ1n) is 5.10. The zero-order chi connectivity index (χ0) is 12.3. The number of nitro groups is 1. The first kappa shape index (κ1) is 13.4. The number of nitrogens with zero attached hydrogens (tertiary/aromatic N) is 1. The highest BCUT2D eigenvalue weighted by molar-refractivity contribution is 14.1. The van der Waals surface area contributed by atoms with Gasteiger partial charge < -0.3 is 5.73 Å². The highest BCUT2D eigenvalue weighted by Crippen LogP contribution is 2.21. The molecular weight excluding hydrogens is 319 g/mol. The van der Waals surface area contributed by atoms with E-state index in [-0.39, 0.29) is 16.7 Å². The molecule has 0 saturated carbocycles. The van der Waals surface area contributed by atoms with Crippen molar-refractivity contribution in [3.8, 4) is 0 Å². The molecule has 0 aliphatic carbocycles. The van der Waals surface area contributed by atoms with Crippen molar-refractivity contribution in [3.05, 3.63) is 37.4 Å². The fourth-order valence-corrected chi connectivity index (χ4v) is 2.02. The lowest BCUT2D eigenvalue weighted by Crippen LogP contribution is -2.29. The zero-order valence-electron chi connectivity index (χ0n) is 9.31. The van der Waals surface area contributed by atoms with Crippen molar-refractivity contribution >= 4 is 28.3 Å². The molecule has 0 heterocycles. The van der Waals surface area contributed by atoms with E-state index in [4.69, 9.17) is 5.73 Å². The topological polar surface area (TPSA) is 69.2 Å². The average Bonchev–Trinajstić information content (AvgIpc) is 2.20. The molecule has 0 aliphatic rings. The monoisotopic (exact) mass is 334 g/mol. The molecule has 0 saturated heterocycles. The van der Waals surface area contributed by atoms with E-state index >= 15 is 0 Å². The van der Waals surface area contributed by atoms with Crippen molar-refractivity contribution in [2.24, 2.45) is 11.7 Å². The van der Waals surface area contributed by atoms with Gasteiger partial charge in [0.05, 0.1) is 4.92 Å². The molecule has 0 aliphatic heterocycles. The van der Waals surface area contributed by atoms with Crippen LogP contribution in [0.2, 0.25) is 0 Å². The van der Waals surface area contributed by atoms with Crippen molar-refractivity contribution in [3.63, 3.8) is 0 Å². The van der Waals surface area contributed by atoms with Crippen LogP contribution in [-0.2, 0) is 6.42 Å². The van der Waals surface area contributed by atoms with Gasteiger partial charge in [-0.15, -0.1) is 0 Å². The summed E-state index contributed by atoms with van der Waals surface area (Å²) in [6.07, 6.45) is 0.758. The van der Waals surface area contributed by atoms with Crippen molar-refractivity contribution in [2.75, 3.05) is 0 Å². The van der Waals surface area contributed by atoms with Crippen LogP contribution in [0.25, 0.3) is 0 Å². The maximum absolute atomic E-state index is 10.6. The van der Waals surface area contributed by atoms with Gasteiger partial charge in [-0.3, -0.25) is 10.1 Å². The minimum atomic E-state index is -0.381. The number of nitro benzene ring substituents is 1. The summed E-state index contributed by atoms with van der Waals surface area (Å²) in [5, 5.41) is 10.6. The molecule has 4 nitrogen and oxygen atoms in total. The van der Waals surface area contributed by atoms with Crippen LogP contribution in [0.4, 0.5) is 5.69 Å². The predicted octanol–water partition coefficient (Wildman–Crippen LogP) is 2.73. The standard InChI is InChI=1S/C11H15IN2O2/c1-7(2)11(13)5-8-3-4-9(14(15)16)6-10(8)12/h3-4,6-7,11H,5,13H2,1-2H3. The van der Waals surface area contributed by atoms with Crippen LogP contribution in [0.3, 0.4) is 0 Å². The third-order valence-electron chi connectivity index (χ3n) is 2.56. The highest BCUT2D eigenvalue weighted by Gasteiger charge is 2.13. The van der Waals surface area contributed by atoms with Gasteiger partial charge in [-0.05, 0) is 40.5 Å². The molecule has 0 fully saturated rings. The van der Waals surface area contributed by atoms with Gasteiger partial charge in [-0.1, -0.05) is 19.9 Å². The minimum Gasteiger partial charge on any atom is -0.327 e. The van der Waals surface area contributed by atoms with E-state index in [1.54, 1.807) is 12.1 Å². The van der Waals surface area contributed by atoms with E-state index in [1.165, 1.54) is 6.07 Å². The number of non-ortho nitro benzene ring substituents is 1. The van der Waals surface area contributed by atoms with Crippen molar-refractivity contribution < 1.29 is 4.92 Å². The lowest BCUT2D eigenvalue weighted by atomic mass is 9.97. The normalized spacial score (nSPS) is 12.8. The molecule has 0 aromatic heterocycles. The Morgan fingerprint density at radius 2 is 2.12 bits per heavy atom. The minimum absolute atomic E-state index is 0.0926. The Kier molecular flexibility index (Phi) is 4.67. The molecular formula is C11H15IN2O2.